The maximum atomic E-state index is 11.5. The lowest BCUT2D eigenvalue weighted by molar-refractivity contribution is -0.157. The van der Waals surface area contributed by atoms with Gasteiger partial charge in [0.2, 0.25) is 0 Å². The Labute approximate surface area is 79.2 Å². The predicted molar refractivity (Wildman–Crippen MR) is 47.0 cm³/mol. The summed E-state index contributed by atoms with van der Waals surface area (Å²) in [6.07, 6.45) is 2.27. The van der Waals surface area contributed by atoms with Gasteiger partial charge in [0.25, 0.3) is 0 Å². The first kappa shape index (κ1) is 8.56. The number of carbonyl (C=O) groups excluding carboxylic acids is 1. The molecule has 0 radical (unpaired) electrons. The van der Waals surface area contributed by atoms with Gasteiger partial charge in [-0.2, -0.15) is 0 Å². The highest BCUT2D eigenvalue weighted by Gasteiger charge is 2.25. The second-order valence-corrected chi connectivity index (χ2v) is 3.65. The van der Waals surface area contributed by atoms with E-state index in [1.807, 2.05) is 0 Å². The maximum absolute atomic E-state index is 11.5. The molecule has 0 atom stereocenters. The van der Waals surface area contributed by atoms with Crippen molar-refractivity contribution in [3.63, 3.8) is 0 Å². The molecule has 13 heavy (non-hydrogen) atoms. The summed E-state index contributed by atoms with van der Waals surface area (Å²) < 4.78 is 12.2. The van der Waals surface area contributed by atoms with E-state index in [4.69, 9.17) is 6.11 Å². The Balaban J connectivity index is 2.59. The Kier molecular flexibility index (Phi) is 2.22. The first-order valence-corrected chi connectivity index (χ1v) is 4.15. The maximum Gasteiger partial charge on any atom is 0.357 e. The van der Waals surface area contributed by atoms with Crippen LogP contribution in [0, 0.1) is 0 Å². The normalized spacial score (nSPS) is 18.2. The van der Waals surface area contributed by atoms with E-state index in [1.54, 1.807) is 19.9 Å². The molecule has 0 spiro atoms. The monoisotopic (exact) mass is 186 g/mol. The number of esters is 1. The second kappa shape index (κ2) is 3.38. The lowest BCUT2D eigenvalue weighted by Gasteiger charge is -2.21. The van der Waals surface area contributed by atoms with Gasteiger partial charge < -0.3 is 4.74 Å². The Hall–Kier alpha value is -1.03. The highest BCUT2D eigenvalue weighted by Crippen LogP contribution is 2.17. The minimum Gasteiger partial charge on any atom is -0.455 e. The van der Waals surface area contributed by atoms with E-state index in [2.05, 4.69) is 0 Å². The molecule has 0 bridgehead atoms. The molecule has 0 aromatic carbocycles. The number of rotatable bonds is 1. The number of hydroxylamine groups is 2. The van der Waals surface area contributed by atoms with Gasteiger partial charge in [0.05, 0.1) is 0 Å². The van der Waals surface area contributed by atoms with Crippen LogP contribution in [0.1, 0.15) is 28.5 Å². The number of hydrogen-bond donors (Lipinski definition) is 1. The second-order valence-electron chi connectivity index (χ2n) is 3.65. The Morgan fingerprint density at radius 2 is 2.54 bits per heavy atom. The van der Waals surface area contributed by atoms with Gasteiger partial charge in [0, 0.05) is 7.92 Å². The summed E-state index contributed by atoms with van der Waals surface area (Å²) in [5, 5.41) is 10.1. The summed E-state index contributed by atoms with van der Waals surface area (Å²) in [5.74, 6) is -0.567. The van der Waals surface area contributed by atoms with Gasteiger partial charge in [-0.1, -0.05) is 0 Å². The topological polar surface area (TPSA) is 49.8 Å². The third-order valence-corrected chi connectivity index (χ3v) is 1.53. The van der Waals surface area contributed by atoms with Crippen LogP contribution in [0.2, 0.25) is 0 Å². The van der Waals surface area contributed by atoms with Crippen LogP contribution in [-0.2, 0) is 9.53 Å². The zero-order chi connectivity index (χ0) is 10.8. The summed E-state index contributed by atoms with van der Waals surface area (Å²) >= 11 is 0. The molecule has 0 aromatic heterocycles. The van der Waals surface area contributed by atoms with Crippen molar-refractivity contribution in [1.82, 2.24) is 5.06 Å². The van der Waals surface area contributed by atoms with Gasteiger partial charge in [0.1, 0.15) is 11.3 Å². The largest absolute Gasteiger partial charge is 0.455 e. The van der Waals surface area contributed by atoms with E-state index >= 15 is 0 Å². The smallest absolute Gasteiger partial charge is 0.357 e. The molecule has 1 aliphatic rings. The molecule has 0 saturated carbocycles. The molecular formula is C9H15NO3. The van der Waals surface area contributed by atoms with E-state index in [0.29, 0.717) is 13.0 Å². The van der Waals surface area contributed by atoms with Crippen molar-refractivity contribution in [1.29, 1.82) is 0 Å². The van der Waals surface area contributed by atoms with Gasteiger partial charge in [0.15, 0.2) is 0 Å². The molecule has 0 fully saturated rings. The van der Waals surface area contributed by atoms with Crippen molar-refractivity contribution in [2.45, 2.75) is 32.8 Å². The molecular weight excluding hydrogens is 170 g/mol. The van der Waals surface area contributed by atoms with E-state index in [1.165, 1.54) is 0 Å². The Morgan fingerprint density at radius 3 is 3.00 bits per heavy atom. The lowest BCUT2D eigenvalue weighted by atomic mass is 10.2. The first-order valence-electron chi connectivity index (χ1n) is 4.86. The molecule has 0 amide bonds. The van der Waals surface area contributed by atoms with Crippen molar-refractivity contribution in [2.24, 2.45) is 0 Å². The van der Waals surface area contributed by atoms with Crippen LogP contribution >= 0.6 is 0 Å². The lowest BCUT2D eigenvalue weighted by Crippen LogP contribution is -2.29. The quantitative estimate of drug-likeness (QED) is 0.627. The molecule has 4 heteroatoms. The first-order chi connectivity index (χ1) is 6.46. The minimum atomic E-state index is -0.804. The number of nitrogens with zero attached hydrogens (tertiary/aromatic N) is 1. The van der Waals surface area contributed by atoms with Crippen LogP contribution < -0.4 is 0 Å². The third kappa shape index (κ3) is 2.73. The Morgan fingerprint density at radius 1 is 1.85 bits per heavy atom. The van der Waals surface area contributed by atoms with Gasteiger partial charge in [-0.25, -0.2) is 9.86 Å². The number of ether oxygens (including phenoxy) is 1. The van der Waals surface area contributed by atoms with Gasteiger partial charge >= 0.3 is 5.97 Å². The van der Waals surface area contributed by atoms with Crippen LogP contribution in [0.4, 0.5) is 0 Å². The molecule has 0 aliphatic carbocycles. The average molecular weight is 186 g/mol. The average Bonchev–Trinajstić information content (AvgIpc) is 2.51. The highest BCUT2D eigenvalue weighted by molar-refractivity contribution is 5.88. The van der Waals surface area contributed by atoms with Gasteiger partial charge in [-0.15, -0.1) is 0 Å². The fraction of sp³-hybridized carbons (Fsp3) is 0.667. The van der Waals surface area contributed by atoms with Crippen molar-refractivity contribution in [2.75, 3.05) is 6.54 Å². The van der Waals surface area contributed by atoms with E-state index in [0.717, 1.165) is 5.06 Å². The van der Waals surface area contributed by atoms with Gasteiger partial charge in [-0.05, 0) is 33.2 Å². The zero-order valence-electron chi connectivity index (χ0n) is 8.91. The van der Waals surface area contributed by atoms with Crippen LogP contribution in [-0.4, -0.2) is 28.4 Å². The SMILES string of the molecule is [2H]CC(C)(C)OC(=O)C1=CCCN1O. The third-order valence-electron chi connectivity index (χ3n) is 1.53. The summed E-state index contributed by atoms with van der Waals surface area (Å²) in [5.41, 5.74) is -0.632. The fourth-order valence-electron chi connectivity index (χ4n) is 1.04. The molecule has 1 aliphatic heterocycles. The molecule has 1 N–H and O–H groups in total. The van der Waals surface area contributed by atoms with Crippen LogP contribution in [0.5, 0.6) is 0 Å². The molecule has 4 nitrogen and oxygen atoms in total. The van der Waals surface area contributed by atoms with E-state index in [9.17, 15) is 10.0 Å². The number of carbonyl (C=O) groups is 1. The fourth-order valence-corrected chi connectivity index (χ4v) is 1.04. The summed E-state index contributed by atoms with van der Waals surface area (Å²) in [4.78, 5) is 11.5. The minimum absolute atomic E-state index is 0.00253. The molecule has 0 aromatic rings. The van der Waals surface area contributed by atoms with E-state index in [-0.39, 0.29) is 12.6 Å². The summed E-state index contributed by atoms with van der Waals surface area (Å²) in [6, 6.07) is 0. The molecule has 0 unspecified atom stereocenters. The standard InChI is InChI=1S/C9H15NO3/c1-9(2,3)13-8(11)7-5-4-6-10(7)12/h5,12H,4,6H2,1-3H3/i1D. The molecule has 1 heterocycles. The van der Waals surface area contributed by atoms with Crippen LogP contribution in [0.15, 0.2) is 11.8 Å². The number of hydrogen-bond acceptors (Lipinski definition) is 4. The van der Waals surface area contributed by atoms with E-state index < -0.39 is 11.6 Å². The van der Waals surface area contributed by atoms with Crippen molar-refractivity contribution >= 4 is 5.97 Å². The van der Waals surface area contributed by atoms with Crippen LogP contribution in [0.3, 0.4) is 0 Å². The summed E-state index contributed by atoms with van der Waals surface area (Å²) in [7, 11) is 0. The van der Waals surface area contributed by atoms with Crippen molar-refractivity contribution < 1.29 is 16.1 Å². The Bertz CT molecular complexity index is 263. The molecule has 1 rings (SSSR count). The zero-order valence-corrected chi connectivity index (χ0v) is 7.91. The predicted octanol–water partition coefficient (Wildman–Crippen LogP) is 1.31. The van der Waals surface area contributed by atoms with Crippen molar-refractivity contribution in [3.8, 4) is 0 Å². The van der Waals surface area contributed by atoms with Gasteiger partial charge in [-0.3, -0.25) is 5.21 Å². The highest BCUT2D eigenvalue weighted by atomic mass is 16.6. The van der Waals surface area contributed by atoms with Crippen LogP contribution in [0.25, 0.3) is 0 Å². The van der Waals surface area contributed by atoms with Crippen molar-refractivity contribution in [3.05, 3.63) is 11.8 Å². The molecule has 0 saturated heterocycles. The summed E-state index contributed by atoms with van der Waals surface area (Å²) in [6.45, 7) is 3.74. The molecule has 74 valence electrons.